The quantitative estimate of drug-likeness (QED) is 0.439. The molecule has 0 unspecified atom stereocenters. The minimum atomic E-state index is -0.621. The van der Waals surface area contributed by atoms with Gasteiger partial charge in [0.1, 0.15) is 5.01 Å². The number of ether oxygens (including phenoxy) is 1. The number of hydrogen-bond acceptors (Lipinski definition) is 5. The summed E-state index contributed by atoms with van der Waals surface area (Å²) in [6.07, 6.45) is 1.70. The lowest BCUT2D eigenvalue weighted by Crippen LogP contribution is -2.29. The van der Waals surface area contributed by atoms with Crippen molar-refractivity contribution < 1.29 is 14.3 Å². The van der Waals surface area contributed by atoms with Gasteiger partial charge in [-0.25, -0.2) is 9.78 Å². The largest absolute Gasteiger partial charge is 0.451 e. The van der Waals surface area contributed by atoms with Crippen LogP contribution in [0.2, 0.25) is 5.02 Å². The van der Waals surface area contributed by atoms with Crippen LogP contribution in [0.3, 0.4) is 0 Å². The minimum Gasteiger partial charge on any atom is -0.451 e. The van der Waals surface area contributed by atoms with Crippen molar-refractivity contribution in [1.29, 1.82) is 0 Å². The van der Waals surface area contributed by atoms with Gasteiger partial charge >= 0.3 is 5.97 Å². The highest BCUT2D eigenvalue weighted by molar-refractivity contribution is 7.13. The maximum absolute atomic E-state index is 12.1. The lowest BCUT2D eigenvalue weighted by Gasteiger charge is -2.06. The van der Waals surface area contributed by atoms with Crippen LogP contribution in [0.25, 0.3) is 10.6 Å². The van der Waals surface area contributed by atoms with E-state index in [-0.39, 0.29) is 18.2 Å². The van der Waals surface area contributed by atoms with Crippen LogP contribution in [0.5, 0.6) is 0 Å². The predicted molar refractivity (Wildman–Crippen MR) is 111 cm³/mol. The van der Waals surface area contributed by atoms with E-state index < -0.39 is 5.97 Å². The molecule has 1 heterocycles. The maximum atomic E-state index is 12.1. The van der Waals surface area contributed by atoms with E-state index in [0.29, 0.717) is 16.6 Å². The molecule has 1 amide bonds. The molecule has 1 aromatic heterocycles. The Bertz CT molecular complexity index is 944. The average Bonchev–Trinajstić information content (AvgIpc) is 3.21. The molecule has 3 rings (SSSR count). The van der Waals surface area contributed by atoms with Crippen LogP contribution in [0, 0.1) is 0 Å². The summed E-state index contributed by atoms with van der Waals surface area (Å²) in [5.41, 5.74) is 2.23. The second-order valence-electron chi connectivity index (χ2n) is 6.06. The molecule has 0 aliphatic carbocycles. The first-order valence-electron chi connectivity index (χ1n) is 8.81. The van der Waals surface area contributed by atoms with Gasteiger partial charge in [0, 0.05) is 22.5 Å². The highest BCUT2D eigenvalue weighted by Crippen LogP contribution is 2.26. The van der Waals surface area contributed by atoms with Crippen LogP contribution in [0.4, 0.5) is 0 Å². The van der Waals surface area contributed by atoms with Gasteiger partial charge in [-0.2, -0.15) is 0 Å². The van der Waals surface area contributed by atoms with Gasteiger partial charge in [0.15, 0.2) is 12.3 Å². The number of halogens is 1. The Morgan fingerprint density at radius 1 is 1.11 bits per heavy atom. The molecular formula is C21H19ClN2O3S. The molecule has 0 aliphatic heterocycles. The van der Waals surface area contributed by atoms with Gasteiger partial charge < -0.3 is 10.1 Å². The van der Waals surface area contributed by atoms with E-state index in [2.05, 4.69) is 22.4 Å². The standard InChI is InChI=1S/C21H19ClN2O3S/c22-17-10-4-9-16(12-17)20-24-18(14-28-20)21(26)27-13-19(25)23-11-5-8-15-6-2-1-3-7-15/h1-4,6-7,9-10,12,14H,5,8,11,13H2,(H,23,25). The van der Waals surface area contributed by atoms with Gasteiger partial charge in [0.2, 0.25) is 0 Å². The van der Waals surface area contributed by atoms with Gasteiger partial charge in [-0.1, -0.05) is 54.1 Å². The summed E-state index contributed by atoms with van der Waals surface area (Å²) in [4.78, 5) is 28.2. The molecule has 0 aliphatic rings. The van der Waals surface area contributed by atoms with E-state index in [9.17, 15) is 9.59 Å². The summed E-state index contributed by atoms with van der Waals surface area (Å²) >= 11 is 7.29. The van der Waals surface area contributed by atoms with Crippen LogP contribution < -0.4 is 5.32 Å². The second kappa shape index (κ2) is 10.0. The van der Waals surface area contributed by atoms with Crippen molar-refractivity contribution in [2.75, 3.05) is 13.2 Å². The van der Waals surface area contributed by atoms with E-state index in [1.165, 1.54) is 16.9 Å². The van der Waals surface area contributed by atoms with Crippen LogP contribution in [0.15, 0.2) is 60.0 Å². The van der Waals surface area contributed by atoms with E-state index in [1.54, 1.807) is 17.5 Å². The van der Waals surface area contributed by atoms with E-state index in [0.717, 1.165) is 18.4 Å². The molecule has 3 aromatic rings. The third kappa shape index (κ3) is 5.90. The Morgan fingerprint density at radius 3 is 2.71 bits per heavy atom. The Balaban J connectivity index is 1.41. The van der Waals surface area contributed by atoms with Crippen LogP contribution >= 0.6 is 22.9 Å². The highest BCUT2D eigenvalue weighted by Gasteiger charge is 2.15. The SMILES string of the molecule is O=C(COC(=O)c1csc(-c2cccc(Cl)c2)n1)NCCCc1ccccc1. The molecule has 0 bridgehead atoms. The minimum absolute atomic E-state index is 0.178. The number of nitrogens with zero attached hydrogens (tertiary/aromatic N) is 1. The second-order valence-corrected chi connectivity index (χ2v) is 7.36. The molecular weight excluding hydrogens is 396 g/mol. The first kappa shape index (κ1) is 20.0. The third-order valence-electron chi connectivity index (χ3n) is 3.93. The Hall–Kier alpha value is -2.70. The number of carbonyl (C=O) groups excluding carboxylic acids is 2. The molecule has 0 saturated heterocycles. The third-order valence-corrected chi connectivity index (χ3v) is 5.05. The lowest BCUT2D eigenvalue weighted by molar-refractivity contribution is -0.124. The topological polar surface area (TPSA) is 68.3 Å². The maximum Gasteiger partial charge on any atom is 0.358 e. The van der Waals surface area contributed by atoms with Crippen molar-refractivity contribution in [2.24, 2.45) is 0 Å². The summed E-state index contributed by atoms with van der Waals surface area (Å²) in [5, 5.41) is 5.62. The van der Waals surface area contributed by atoms with Gasteiger partial charge in [0.25, 0.3) is 5.91 Å². The smallest absolute Gasteiger partial charge is 0.358 e. The zero-order chi connectivity index (χ0) is 19.8. The van der Waals surface area contributed by atoms with Crippen molar-refractivity contribution in [3.63, 3.8) is 0 Å². The Morgan fingerprint density at radius 2 is 1.93 bits per heavy atom. The Labute approximate surface area is 172 Å². The molecule has 0 radical (unpaired) electrons. The van der Waals surface area contributed by atoms with Crippen molar-refractivity contribution in [2.45, 2.75) is 12.8 Å². The number of aromatic nitrogens is 1. The zero-order valence-corrected chi connectivity index (χ0v) is 16.6. The predicted octanol–water partition coefficient (Wildman–Crippen LogP) is 4.37. The fourth-order valence-corrected chi connectivity index (χ4v) is 3.52. The fourth-order valence-electron chi connectivity index (χ4n) is 2.54. The lowest BCUT2D eigenvalue weighted by atomic mass is 10.1. The molecule has 0 spiro atoms. The monoisotopic (exact) mass is 414 g/mol. The molecule has 144 valence electrons. The molecule has 28 heavy (non-hydrogen) atoms. The van der Waals surface area contributed by atoms with Crippen molar-refractivity contribution in [1.82, 2.24) is 10.3 Å². The summed E-state index contributed by atoms with van der Waals surface area (Å²) in [6.45, 7) is 0.203. The summed E-state index contributed by atoms with van der Waals surface area (Å²) < 4.78 is 5.05. The van der Waals surface area contributed by atoms with Crippen LogP contribution in [-0.4, -0.2) is 30.0 Å². The van der Waals surface area contributed by atoms with Gasteiger partial charge in [-0.15, -0.1) is 11.3 Å². The first-order chi connectivity index (χ1) is 13.6. The van der Waals surface area contributed by atoms with Crippen molar-refractivity contribution in [3.05, 3.63) is 76.3 Å². The zero-order valence-electron chi connectivity index (χ0n) is 15.1. The summed E-state index contributed by atoms with van der Waals surface area (Å²) in [5.74, 6) is -0.948. The molecule has 7 heteroatoms. The van der Waals surface area contributed by atoms with Crippen molar-refractivity contribution >= 4 is 34.8 Å². The molecule has 0 saturated carbocycles. The van der Waals surface area contributed by atoms with Gasteiger partial charge in [-0.05, 0) is 30.5 Å². The molecule has 1 N–H and O–H groups in total. The average molecular weight is 415 g/mol. The first-order valence-corrected chi connectivity index (χ1v) is 10.1. The number of rotatable bonds is 8. The number of hydrogen-bond donors (Lipinski definition) is 1. The van der Waals surface area contributed by atoms with E-state index in [4.69, 9.17) is 16.3 Å². The number of esters is 1. The molecule has 0 fully saturated rings. The molecule has 5 nitrogen and oxygen atoms in total. The van der Waals surface area contributed by atoms with Crippen molar-refractivity contribution in [3.8, 4) is 10.6 Å². The summed E-state index contributed by atoms with van der Waals surface area (Å²) in [6, 6.07) is 17.3. The van der Waals surface area contributed by atoms with Gasteiger partial charge in [0.05, 0.1) is 0 Å². The number of nitrogens with one attached hydrogen (secondary N) is 1. The number of thiazole rings is 1. The van der Waals surface area contributed by atoms with Crippen LogP contribution in [-0.2, 0) is 16.0 Å². The summed E-state index contributed by atoms with van der Waals surface area (Å²) in [7, 11) is 0. The fraction of sp³-hybridized carbons (Fsp3) is 0.190. The number of aryl methyl sites for hydroxylation is 1. The van der Waals surface area contributed by atoms with Gasteiger partial charge in [-0.3, -0.25) is 4.79 Å². The molecule has 2 aromatic carbocycles. The van der Waals surface area contributed by atoms with E-state index >= 15 is 0 Å². The number of amides is 1. The van der Waals surface area contributed by atoms with E-state index in [1.807, 2.05) is 30.3 Å². The van der Waals surface area contributed by atoms with Crippen LogP contribution in [0.1, 0.15) is 22.5 Å². The normalized spacial score (nSPS) is 10.5. The highest BCUT2D eigenvalue weighted by atomic mass is 35.5. The number of carbonyl (C=O) groups is 2. The molecule has 0 atom stereocenters. The Kier molecular flexibility index (Phi) is 7.17. The number of benzene rings is 2.